The van der Waals surface area contributed by atoms with Gasteiger partial charge in [-0.25, -0.2) is 0 Å². The molecule has 0 spiro atoms. The number of furan rings is 1. The molecule has 1 heterocycles. The number of hydrogen-bond acceptors (Lipinski definition) is 1. The van der Waals surface area contributed by atoms with Crippen molar-refractivity contribution in [1.29, 1.82) is 0 Å². The molecule has 0 aliphatic rings. The van der Waals surface area contributed by atoms with Gasteiger partial charge in [-0.2, -0.15) is 0 Å². The maximum atomic E-state index is 7.14. The van der Waals surface area contributed by atoms with Gasteiger partial charge in [-0.05, 0) is 71.2 Å². The van der Waals surface area contributed by atoms with Gasteiger partial charge < -0.3 is 4.42 Å². The summed E-state index contributed by atoms with van der Waals surface area (Å²) in [5.74, 6) is 0. The zero-order valence-electron chi connectivity index (χ0n) is 35.9. The van der Waals surface area contributed by atoms with Crippen molar-refractivity contribution >= 4 is 387 Å². The van der Waals surface area contributed by atoms with Gasteiger partial charge in [0.1, 0.15) is 207 Å². The fraction of sp³-hybridized carbons (Fsp3) is 0. The molecular formula is C42HB25O. The molecule has 1 aromatic heterocycles. The first-order chi connectivity index (χ1) is 31.7. The maximum Gasteiger partial charge on any atom is 0.128 e. The van der Waals surface area contributed by atoms with Crippen LogP contribution in [0.3, 0.4) is 0 Å². The average Bonchev–Trinajstić information content (AvgIpc) is 3.71. The first kappa shape index (κ1) is 49.0. The molecular weight excluding hydrogens is 791 g/mol. The van der Waals surface area contributed by atoms with E-state index in [0.717, 1.165) is 0 Å². The SMILES string of the molecule is [B]c1cc([B])c(-c2c([B])c([B])c([B])c([B])c2-c2c3c([B])c([B])c([B])c([B])c3c(-c3c([B])c([B])c([B])c4oc5c([B])c6c([B])c([B])c([B])c([B])c6c([B])c5c34)c3c([B])c([B])c([B])c([B])c23)c([B])c1[B]. The van der Waals surface area contributed by atoms with E-state index in [1.54, 1.807) is 0 Å². The third-order valence-corrected chi connectivity index (χ3v) is 13.2. The van der Waals surface area contributed by atoms with Gasteiger partial charge in [0.05, 0.1) is 0 Å². The van der Waals surface area contributed by atoms with Gasteiger partial charge in [0.25, 0.3) is 0 Å². The van der Waals surface area contributed by atoms with E-state index in [2.05, 4.69) is 0 Å². The van der Waals surface area contributed by atoms with Gasteiger partial charge in [0.15, 0.2) is 0 Å². The van der Waals surface area contributed by atoms with E-state index >= 15 is 0 Å². The molecule has 0 amide bonds. The minimum Gasteiger partial charge on any atom is -0.457 e. The van der Waals surface area contributed by atoms with Crippen molar-refractivity contribution in [3.63, 3.8) is 0 Å². The molecule has 1 nitrogen and oxygen atoms in total. The predicted octanol–water partition coefficient (Wildman–Crippen LogP) is -18.1. The highest BCUT2D eigenvalue weighted by atomic mass is 16.3. The lowest BCUT2D eigenvalue weighted by molar-refractivity contribution is 0.675. The monoisotopic (exact) mass is 796 g/mol. The molecule has 0 unspecified atom stereocenters. The highest BCUT2D eigenvalue weighted by molar-refractivity contribution is 6.76. The van der Waals surface area contributed by atoms with Crippen LogP contribution in [-0.4, -0.2) is 196 Å². The fourth-order valence-electron chi connectivity index (χ4n) is 9.57. The summed E-state index contributed by atoms with van der Waals surface area (Å²) in [7, 11) is 169. The van der Waals surface area contributed by atoms with E-state index in [4.69, 9.17) is 201 Å². The lowest BCUT2D eigenvalue weighted by Crippen LogP contribution is -2.52. The summed E-state index contributed by atoms with van der Waals surface area (Å²) in [5, 5.41) is 0.390. The Balaban J connectivity index is 1.69. The largest absolute Gasteiger partial charge is 0.457 e. The Kier molecular flexibility index (Phi) is 11.9. The van der Waals surface area contributed by atoms with Crippen molar-refractivity contribution in [3.05, 3.63) is 6.07 Å². The Morgan fingerprint density at radius 3 is 0.897 bits per heavy atom. The minimum atomic E-state index is -0.204. The van der Waals surface area contributed by atoms with Crippen molar-refractivity contribution < 1.29 is 4.42 Å². The number of hydrogen-bond donors (Lipinski definition) is 0. The van der Waals surface area contributed by atoms with Crippen LogP contribution < -0.4 is 137 Å². The van der Waals surface area contributed by atoms with Crippen LogP contribution in [0.5, 0.6) is 0 Å². The Morgan fingerprint density at radius 2 is 0.471 bits per heavy atom. The third kappa shape index (κ3) is 6.25. The Hall–Kier alpha value is -4.04. The van der Waals surface area contributed by atoms with Crippen molar-refractivity contribution in [1.82, 2.24) is 0 Å². The molecule has 9 aromatic rings. The second-order valence-electron chi connectivity index (χ2n) is 16.6. The number of benzene rings is 8. The molecule has 0 aliphatic heterocycles. The summed E-state index contributed by atoms with van der Waals surface area (Å²) in [5.41, 5.74) is -3.39. The first-order valence-electron chi connectivity index (χ1n) is 20.0. The topological polar surface area (TPSA) is 13.1 Å². The van der Waals surface area contributed by atoms with E-state index in [0.29, 0.717) is 0 Å². The van der Waals surface area contributed by atoms with Crippen molar-refractivity contribution in [2.45, 2.75) is 0 Å². The van der Waals surface area contributed by atoms with Gasteiger partial charge >= 0.3 is 0 Å². The first-order valence-corrected chi connectivity index (χ1v) is 20.0. The standard InChI is InChI=1S/C42HB25O/c43-2-1-3(44)18(45)20(47)4(2)7-8(22(49)32(59)31(58)21(7)48)5-9-11(25(52)35(62)33(60)23(9)50)6(12-10(5)24(51)34(61)36(63)26(12)53)13-14-17-19(46)15-16(29(56)38(65)37(64)28(15)55)30(57)42(17)68-41(14)40(67)39(66)27(13)54/h1H. The van der Waals surface area contributed by atoms with Crippen LogP contribution in [0.4, 0.5) is 0 Å². The van der Waals surface area contributed by atoms with E-state index in [9.17, 15) is 0 Å². The fourth-order valence-corrected chi connectivity index (χ4v) is 9.57. The average molecular weight is 792 g/mol. The summed E-state index contributed by atoms with van der Waals surface area (Å²) in [4.78, 5) is 0. The highest BCUT2D eigenvalue weighted by Gasteiger charge is 2.32. The molecule has 0 aliphatic carbocycles. The predicted molar refractivity (Wildman–Crippen MR) is 317 cm³/mol. The second-order valence-corrected chi connectivity index (χ2v) is 16.6. The molecule has 0 saturated carbocycles. The molecule has 0 atom stereocenters. The molecule has 0 N–H and O–H groups in total. The maximum absolute atomic E-state index is 7.14. The van der Waals surface area contributed by atoms with Crippen LogP contribution in [0.2, 0.25) is 0 Å². The number of fused-ring (bicyclic) bond motifs is 6. The highest BCUT2D eigenvalue weighted by Crippen LogP contribution is 2.44. The Bertz CT molecular complexity index is 3830. The molecule has 250 valence electrons. The molecule has 50 radical (unpaired) electrons. The minimum absolute atomic E-state index is 0.00211. The van der Waals surface area contributed by atoms with E-state index in [1.165, 1.54) is 6.07 Å². The van der Waals surface area contributed by atoms with E-state index < -0.39 is 0 Å². The zero-order chi connectivity index (χ0) is 50.1. The molecule has 9 rings (SSSR count). The van der Waals surface area contributed by atoms with Gasteiger partial charge in [0.2, 0.25) is 0 Å². The van der Waals surface area contributed by atoms with E-state index in [-0.39, 0.29) is 224 Å². The Morgan fingerprint density at radius 1 is 0.176 bits per heavy atom. The van der Waals surface area contributed by atoms with Gasteiger partial charge in [0, 0.05) is 10.8 Å². The van der Waals surface area contributed by atoms with Crippen LogP contribution in [0.1, 0.15) is 0 Å². The Labute approximate surface area is 428 Å². The summed E-state index contributed by atoms with van der Waals surface area (Å²) in [6.07, 6.45) is 0. The number of rotatable bonds is 3. The van der Waals surface area contributed by atoms with Gasteiger partial charge in [-0.15, -0.1) is 60.1 Å². The normalized spacial score (nSPS) is 11.8. The quantitative estimate of drug-likeness (QED) is 0.128. The zero-order valence-corrected chi connectivity index (χ0v) is 35.9. The molecule has 26 heteroatoms. The lowest BCUT2D eigenvalue weighted by Gasteiger charge is -2.33. The molecule has 0 fully saturated rings. The van der Waals surface area contributed by atoms with Gasteiger partial charge in [-0.1, -0.05) is 77.1 Å². The molecule has 0 bridgehead atoms. The van der Waals surface area contributed by atoms with Crippen LogP contribution in [0.15, 0.2) is 10.5 Å². The van der Waals surface area contributed by atoms with Crippen LogP contribution >= 0.6 is 0 Å². The smallest absolute Gasteiger partial charge is 0.128 e. The summed E-state index contributed by atoms with van der Waals surface area (Å²) in [6.45, 7) is 0. The van der Waals surface area contributed by atoms with Crippen molar-refractivity contribution in [2.75, 3.05) is 0 Å². The van der Waals surface area contributed by atoms with Crippen molar-refractivity contribution in [3.8, 4) is 33.4 Å². The summed E-state index contributed by atoms with van der Waals surface area (Å²) < 4.78 is 6.50. The van der Waals surface area contributed by atoms with Crippen molar-refractivity contribution in [2.24, 2.45) is 0 Å². The molecule has 68 heavy (non-hydrogen) atoms. The second kappa shape index (κ2) is 16.5. The molecule has 0 saturated heterocycles. The van der Waals surface area contributed by atoms with E-state index in [1.807, 2.05) is 0 Å². The summed E-state index contributed by atoms with van der Waals surface area (Å²) >= 11 is 0. The molecule has 8 aromatic carbocycles. The lowest BCUT2D eigenvalue weighted by atomic mass is 9.56. The van der Waals surface area contributed by atoms with Crippen LogP contribution in [0, 0.1) is 0 Å². The van der Waals surface area contributed by atoms with Gasteiger partial charge in [-0.3, -0.25) is 0 Å². The van der Waals surface area contributed by atoms with Crippen LogP contribution in [-0.2, 0) is 0 Å². The van der Waals surface area contributed by atoms with Crippen LogP contribution in [0.25, 0.3) is 87.6 Å². The summed E-state index contributed by atoms with van der Waals surface area (Å²) in [6, 6.07) is 1.37. The third-order valence-electron chi connectivity index (χ3n) is 13.2.